The number of urea groups is 1. The van der Waals surface area contributed by atoms with Gasteiger partial charge in [0.1, 0.15) is 0 Å². The molecule has 3 rings (SSSR count). The second-order valence-corrected chi connectivity index (χ2v) is 5.63. The Morgan fingerprint density at radius 3 is 3.05 bits per heavy atom. The van der Waals surface area contributed by atoms with Gasteiger partial charge in [0.2, 0.25) is 0 Å². The number of aromatic nitrogens is 3. The molecule has 2 amide bonds. The number of hydrogen-bond donors (Lipinski definition) is 1. The number of nitrogens with zero attached hydrogens (tertiary/aromatic N) is 4. The van der Waals surface area contributed by atoms with Gasteiger partial charge in [-0.3, -0.25) is 0 Å². The van der Waals surface area contributed by atoms with Crippen LogP contribution in [0.25, 0.3) is 5.82 Å². The van der Waals surface area contributed by atoms with Crippen LogP contribution in [-0.2, 0) is 6.54 Å². The molecule has 1 aliphatic heterocycles. The van der Waals surface area contributed by atoms with Gasteiger partial charge in [0.25, 0.3) is 0 Å². The van der Waals surface area contributed by atoms with Crippen LogP contribution in [0.5, 0.6) is 0 Å². The zero-order valence-electron chi connectivity index (χ0n) is 12.8. The Hall–Kier alpha value is -2.37. The van der Waals surface area contributed by atoms with E-state index in [9.17, 15) is 4.79 Å². The van der Waals surface area contributed by atoms with E-state index in [0.717, 1.165) is 30.8 Å². The van der Waals surface area contributed by atoms with E-state index >= 15 is 0 Å². The Balaban J connectivity index is 1.68. The van der Waals surface area contributed by atoms with E-state index in [1.165, 1.54) is 6.42 Å². The van der Waals surface area contributed by atoms with E-state index in [1.807, 2.05) is 29.3 Å². The molecule has 22 heavy (non-hydrogen) atoms. The second kappa shape index (κ2) is 6.60. The molecule has 0 aliphatic carbocycles. The van der Waals surface area contributed by atoms with E-state index < -0.39 is 0 Å². The molecule has 0 radical (unpaired) electrons. The van der Waals surface area contributed by atoms with E-state index in [2.05, 4.69) is 22.3 Å². The number of carbonyl (C=O) groups excluding carboxylic acids is 1. The van der Waals surface area contributed by atoms with Crippen molar-refractivity contribution in [3.63, 3.8) is 0 Å². The smallest absolute Gasteiger partial charge is 0.317 e. The summed E-state index contributed by atoms with van der Waals surface area (Å²) < 4.78 is 1.71. The van der Waals surface area contributed by atoms with Crippen molar-refractivity contribution >= 4 is 6.03 Å². The second-order valence-electron chi connectivity index (χ2n) is 5.63. The van der Waals surface area contributed by atoms with E-state index in [1.54, 1.807) is 17.1 Å². The molecule has 1 atom stereocenters. The summed E-state index contributed by atoms with van der Waals surface area (Å²) in [5.41, 5.74) is 0.948. The van der Waals surface area contributed by atoms with Crippen molar-refractivity contribution in [2.45, 2.75) is 38.8 Å². The van der Waals surface area contributed by atoms with Gasteiger partial charge in [-0.25, -0.2) is 14.5 Å². The molecule has 0 spiro atoms. The Bertz CT molecular complexity index is 625. The molecule has 6 heteroatoms. The minimum atomic E-state index is 0.00229. The fourth-order valence-corrected chi connectivity index (χ4v) is 2.84. The molecule has 3 heterocycles. The van der Waals surface area contributed by atoms with Crippen molar-refractivity contribution in [3.05, 3.63) is 42.4 Å². The van der Waals surface area contributed by atoms with Gasteiger partial charge in [0.05, 0.1) is 0 Å². The van der Waals surface area contributed by atoms with Crippen LogP contribution in [0.4, 0.5) is 4.79 Å². The fraction of sp³-hybridized carbons (Fsp3) is 0.438. The molecule has 0 saturated carbocycles. The quantitative estimate of drug-likeness (QED) is 0.946. The highest BCUT2D eigenvalue weighted by molar-refractivity contribution is 5.74. The lowest BCUT2D eigenvalue weighted by Crippen LogP contribution is -2.47. The van der Waals surface area contributed by atoms with Crippen LogP contribution in [0.1, 0.15) is 31.7 Å². The first-order valence-corrected chi connectivity index (χ1v) is 7.74. The third-order valence-electron chi connectivity index (χ3n) is 4.08. The molecule has 1 aliphatic rings. The number of hydrogen-bond acceptors (Lipinski definition) is 3. The molecule has 1 saturated heterocycles. The molecule has 6 nitrogen and oxygen atoms in total. The number of pyridine rings is 1. The normalized spacial score (nSPS) is 18.2. The monoisotopic (exact) mass is 299 g/mol. The minimum absolute atomic E-state index is 0.00229. The Labute approximate surface area is 130 Å². The summed E-state index contributed by atoms with van der Waals surface area (Å²) in [4.78, 5) is 18.6. The summed E-state index contributed by atoms with van der Waals surface area (Å²) >= 11 is 0. The van der Waals surface area contributed by atoms with Crippen molar-refractivity contribution in [1.29, 1.82) is 0 Å². The molecule has 0 bridgehead atoms. The van der Waals surface area contributed by atoms with Gasteiger partial charge in [-0.2, -0.15) is 5.10 Å². The van der Waals surface area contributed by atoms with Gasteiger partial charge in [0, 0.05) is 43.3 Å². The third kappa shape index (κ3) is 3.10. The third-order valence-corrected chi connectivity index (χ3v) is 4.08. The van der Waals surface area contributed by atoms with Crippen LogP contribution >= 0.6 is 0 Å². The number of likely N-dealkylation sites (tertiary alicyclic amines) is 1. The highest BCUT2D eigenvalue weighted by Gasteiger charge is 2.23. The number of amides is 2. The van der Waals surface area contributed by atoms with Gasteiger partial charge in [0.15, 0.2) is 5.82 Å². The van der Waals surface area contributed by atoms with Crippen LogP contribution < -0.4 is 5.32 Å². The van der Waals surface area contributed by atoms with Crippen molar-refractivity contribution in [2.75, 3.05) is 6.54 Å². The van der Waals surface area contributed by atoms with Crippen LogP contribution in [0, 0.1) is 0 Å². The SMILES string of the molecule is CC1CCCCN1C(=O)NCc1cccnc1-n1cccn1. The molecular weight excluding hydrogens is 278 g/mol. The average molecular weight is 299 g/mol. The lowest BCUT2D eigenvalue weighted by molar-refractivity contribution is 0.158. The number of piperidine rings is 1. The first-order valence-electron chi connectivity index (χ1n) is 7.74. The summed E-state index contributed by atoms with van der Waals surface area (Å²) in [5, 5.41) is 7.21. The summed E-state index contributed by atoms with van der Waals surface area (Å²) in [6.45, 7) is 3.40. The van der Waals surface area contributed by atoms with Crippen molar-refractivity contribution < 1.29 is 4.79 Å². The first-order chi connectivity index (χ1) is 10.8. The molecule has 1 fully saturated rings. The summed E-state index contributed by atoms with van der Waals surface area (Å²) in [6.07, 6.45) is 8.67. The van der Waals surface area contributed by atoms with Crippen LogP contribution in [-0.4, -0.2) is 38.3 Å². The minimum Gasteiger partial charge on any atom is -0.334 e. The van der Waals surface area contributed by atoms with Crippen molar-refractivity contribution in [3.8, 4) is 5.82 Å². The predicted octanol–water partition coefficient (Wildman–Crippen LogP) is 2.35. The fourth-order valence-electron chi connectivity index (χ4n) is 2.84. The van der Waals surface area contributed by atoms with Gasteiger partial charge in [-0.1, -0.05) is 6.07 Å². The zero-order valence-corrected chi connectivity index (χ0v) is 12.8. The Morgan fingerprint density at radius 1 is 1.36 bits per heavy atom. The lowest BCUT2D eigenvalue weighted by atomic mass is 10.0. The van der Waals surface area contributed by atoms with Crippen molar-refractivity contribution in [2.24, 2.45) is 0 Å². The maximum Gasteiger partial charge on any atom is 0.317 e. The molecule has 2 aromatic rings. The van der Waals surface area contributed by atoms with Crippen LogP contribution in [0.15, 0.2) is 36.8 Å². The van der Waals surface area contributed by atoms with E-state index in [0.29, 0.717) is 12.6 Å². The summed E-state index contributed by atoms with van der Waals surface area (Å²) in [5.74, 6) is 0.750. The highest BCUT2D eigenvalue weighted by atomic mass is 16.2. The summed E-state index contributed by atoms with van der Waals surface area (Å²) in [7, 11) is 0. The number of nitrogens with one attached hydrogen (secondary N) is 1. The maximum absolute atomic E-state index is 12.4. The zero-order chi connectivity index (χ0) is 15.4. The Morgan fingerprint density at radius 2 is 2.27 bits per heavy atom. The summed E-state index contributed by atoms with van der Waals surface area (Å²) in [6, 6.07) is 6.00. The van der Waals surface area contributed by atoms with E-state index in [-0.39, 0.29) is 6.03 Å². The van der Waals surface area contributed by atoms with Gasteiger partial charge < -0.3 is 10.2 Å². The van der Waals surface area contributed by atoms with Gasteiger partial charge >= 0.3 is 6.03 Å². The van der Waals surface area contributed by atoms with Crippen LogP contribution in [0.2, 0.25) is 0 Å². The van der Waals surface area contributed by atoms with Crippen molar-refractivity contribution in [1.82, 2.24) is 25.0 Å². The Kier molecular flexibility index (Phi) is 4.37. The topological polar surface area (TPSA) is 63.1 Å². The van der Waals surface area contributed by atoms with Crippen LogP contribution in [0.3, 0.4) is 0 Å². The molecule has 0 aromatic carbocycles. The average Bonchev–Trinajstić information content (AvgIpc) is 3.07. The number of carbonyl (C=O) groups is 1. The van der Waals surface area contributed by atoms with Gasteiger partial charge in [-0.15, -0.1) is 0 Å². The van der Waals surface area contributed by atoms with E-state index in [4.69, 9.17) is 0 Å². The highest BCUT2D eigenvalue weighted by Crippen LogP contribution is 2.16. The molecule has 2 aromatic heterocycles. The van der Waals surface area contributed by atoms with Gasteiger partial charge in [-0.05, 0) is 38.3 Å². The largest absolute Gasteiger partial charge is 0.334 e. The maximum atomic E-state index is 12.4. The lowest BCUT2D eigenvalue weighted by Gasteiger charge is -2.33. The molecular formula is C16H21N5O. The molecule has 1 N–H and O–H groups in total. The number of rotatable bonds is 3. The predicted molar refractivity (Wildman–Crippen MR) is 83.6 cm³/mol. The molecule has 1 unspecified atom stereocenters. The standard InChI is InChI=1S/C16H21N5O/c1-13-6-2-3-10-20(13)16(22)18-12-14-7-4-8-17-15(14)21-11-5-9-19-21/h4-5,7-9,11,13H,2-3,6,10,12H2,1H3,(H,18,22). The first kappa shape index (κ1) is 14.6. The molecule has 116 valence electrons.